The Kier molecular flexibility index (Phi) is 6.92. The molecule has 1 aromatic heterocycles. The molecule has 2 aliphatic rings. The molecule has 0 unspecified atom stereocenters. The Labute approximate surface area is 183 Å². The number of carbonyl (C=O) groups excluding carboxylic acids is 1. The maximum absolute atomic E-state index is 11.7. The number of hydrogen-bond donors (Lipinski definition) is 2. The van der Waals surface area contributed by atoms with Gasteiger partial charge in [0, 0.05) is 19.3 Å². The van der Waals surface area contributed by atoms with Crippen molar-refractivity contribution in [2.75, 3.05) is 13.1 Å². The molecule has 2 amide bonds. The second-order valence-corrected chi connectivity index (χ2v) is 8.46. The number of carbonyl (C=O) groups is 1. The van der Waals surface area contributed by atoms with Crippen LogP contribution in [0.15, 0.2) is 42.6 Å². The zero-order chi connectivity index (χ0) is 20.8. The molecule has 0 bridgehead atoms. The van der Waals surface area contributed by atoms with E-state index in [9.17, 15) is 4.79 Å². The van der Waals surface area contributed by atoms with Crippen LogP contribution in [-0.4, -0.2) is 40.1 Å². The van der Waals surface area contributed by atoms with Crippen LogP contribution in [0.5, 0.6) is 5.75 Å². The standard InChI is InChI=1S/C23H28N4O2S/c28-23-26-22(30)16-27(23)15-18-8-9-19(25-13-18)14-24-11-10-17-4-3-7-21(12-17)29-20-5-1-2-6-20/h3-4,7-9,12-13,20,24H,1-2,5-6,10-11,14-16H2,(H,26,28,30). The molecule has 158 valence electrons. The molecule has 4 rings (SSSR count). The van der Waals surface area contributed by atoms with E-state index >= 15 is 0 Å². The first-order valence-corrected chi connectivity index (χ1v) is 11.1. The van der Waals surface area contributed by atoms with Gasteiger partial charge in [0.15, 0.2) is 0 Å². The van der Waals surface area contributed by atoms with E-state index < -0.39 is 0 Å². The van der Waals surface area contributed by atoms with Gasteiger partial charge in [0.05, 0.1) is 18.3 Å². The molecule has 6 nitrogen and oxygen atoms in total. The molecule has 7 heteroatoms. The van der Waals surface area contributed by atoms with E-state index in [2.05, 4.69) is 39.9 Å². The number of amides is 2. The molecule has 2 aromatic rings. The van der Waals surface area contributed by atoms with Crippen LogP contribution in [0, 0.1) is 0 Å². The van der Waals surface area contributed by atoms with Gasteiger partial charge in [-0.2, -0.15) is 0 Å². The van der Waals surface area contributed by atoms with Crippen molar-refractivity contribution in [1.82, 2.24) is 20.5 Å². The predicted octanol–water partition coefficient (Wildman–Crippen LogP) is 3.59. The highest BCUT2D eigenvalue weighted by Crippen LogP contribution is 2.24. The maximum atomic E-state index is 11.7. The van der Waals surface area contributed by atoms with Crippen LogP contribution < -0.4 is 15.4 Å². The number of nitrogens with zero attached hydrogens (tertiary/aromatic N) is 2. The van der Waals surface area contributed by atoms with E-state index in [0.717, 1.165) is 30.0 Å². The summed E-state index contributed by atoms with van der Waals surface area (Å²) < 4.78 is 6.10. The minimum absolute atomic E-state index is 0.136. The average Bonchev–Trinajstić information content (AvgIpc) is 3.36. The first-order valence-electron chi connectivity index (χ1n) is 10.6. The van der Waals surface area contributed by atoms with Crippen molar-refractivity contribution in [3.8, 4) is 5.75 Å². The van der Waals surface area contributed by atoms with Crippen molar-refractivity contribution in [3.05, 3.63) is 59.4 Å². The fraction of sp³-hybridized carbons (Fsp3) is 0.435. The molecule has 1 aromatic carbocycles. The zero-order valence-electron chi connectivity index (χ0n) is 17.1. The Bertz CT molecular complexity index is 881. The predicted molar refractivity (Wildman–Crippen MR) is 121 cm³/mol. The van der Waals surface area contributed by atoms with Gasteiger partial charge in [0.2, 0.25) is 0 Å². The Hall–Kier alpha value is -2.51. The van der Waals surface area contributed by atoms with E-state index in [1.54, 1.807) is 4.90 Å². The first kappa shape index (κ1) is 20.8. The fourth-order valence-electron chi connectivity index (χ4n) is 3.91. The summed E-state index contributed by atoms with van der Waals surface area (Å²) >= 11 is 5.04. The van der Waals surface area contributed by atoms with Crippen LogP contribution >= 0.6 is 12.2 Å². The quantitative estimate of drug-likeness (QED) is 0.476. The number of rotatable bonds is 9. The molecule has 1 saturated carbocycles. The van der Waals surface area contributed by atoms with E-state index in [4.69, 9.17) is 17.0 Å². The third-order valence-corrected chi connectivity index (χ3v) is 5.76. The third-order valence-electron chi connectivity index (χ3n) is 5.53. The lowest BCUT2D eigenvalue weighted by molar-refractivity contribution is 0.210. The molecule has 1 aliphatic heterocycles. The van der Waals surface area contributed by atoms with Gasteiger partial charge in [-0.05, 0) is 68.0 Å². The largest absolute Gasteiger partial charge is 0.490 e. The van der Waals surface area contributed by atoms with Gasteiger partial charge in [0.25, 0.3) is 0 Å². The molecular weight excluding hydrogens is 396 g/mol. The topological polar surface area (TPSA) is 66.5 Å². The lowest BCUT2D eigenvalue weighted by atomic mass is 10.1. The minimum Gasteiger partial charge on any atom is -0.490 e. The number of thiocarbonyl (C=S) groups is 1. The van der Waals surface area contributed by atoms with E-state index in [1.165, 1.54) is 31.2 Å². The van der Waals surface area contributed by atoms with Gasteiger partial charge in [-0.1, -0.05) is 30.4 Å². The summed E-state index contributed by atoms with van der Waals surface area (Å²) in [4.78, 5) is 18.5. The molecule has 1 saturated heterocycles. The van der Waals surface area contributed by atoms with Gasteiger partial charge in [-0.3, -0.25) is 4.98 Å². The number of urea groups is 1. The van der Waals surface area contributed by atoms with Crippen molar-refractivity contribution < 1.29 is 9.53 Å². The van der Waals surface area contributed by atoms with E-state index in [-0.39, 0.29) is 6.03 Å². The molecule has 1 aliphatic carbocycles. The zero-order valence-corrected chi connectivity index (χ0v) is 17.9. The van der Waals surface area contributed by atoms with Crippen molar-refractivity contribution in [3.63, 3.8) is 0 Å². The van der Waals surface area contributed by atoms with Crippen LogP contribution in [-0.2, 0) is 19.5 Å². The molecule has 0 radical (unpaired) electrons. The minimum atomic E-state index is -0.136. The summed E-state index contributed by atoms with van der Waals surface area (Å²) in [5.74, 6) is 0.990. The average molecular weight is 425 g/mol. The highest BCUT2D eigenvalue weighted by atomic mass is 32.1. The fourth-order valence-corrected chi connectivity index (χ4v) is 4.15. The smallest absolute Gasteiger partial charge is 0.322 e. The van der Waals surface area contributed by atoms with Crippen molar-refractivity contribution in [1.29, 1.82) is 0 Å². The van der Waals surface area contributed by atoms with Crippen molar-refractivity contribution in [2.45, 2.75) is 51.3 Å². The SMILES string of the molecule is O=C1NC(=S)CN1Cc1ccc(CNCCc2cccc(OC3CCCC3)c2)nc1. The Balaban J connectivity index is 1.19. The van der Waals surface area contributed by atoms with Crippen molar-refractivity contribution >= 4 is 23.2 Å². The summed E-state index contributed by atoms with van der Waals surface area (Å²) in [6.45, 7) is 2.59. The lowest BCUT2D eigenvalue weighted by Gasteiger charge is -2.14. The van der Waals surface area contributed by atoms with Crippen molar-refractivity contribution in [2.24, 2.45) is 0 Å². The molecule has 2 fully saturated rings. The van der Waals surface area contributed by atoms with Gasteiger partial charge in [-0.15, -0.1) is 0 Å². The van der Waals surface area contributed by atoms with Crippen LogP contribution in [0.3, 0.4) is 0 Å². The van der Waals surface area contributed by atoms with Gasteiger partial charge in [0.1, 0.15) is 10.7 Å². The summed E-state index contributed by atoms with van der Waals surface area (Å²) in [7, 11) is 0. The molecule has 2 N–H and O–H groups in total. The second kappa shape index (κ2) is 10.00. The monoisotopic (exact) mass is 424 g/mol. The van der Waals surface area contributed by atoms with E-state index in [0.29, 0.717) is 30.7 Å². The summed E-state index contributed by atoms with van der Waals surface area (Å²) in [5.41, 5.74) is 3.26. The summed E-state index contributed by atoms with van der Waals surface area (Å²) in [6, 6.07) is 12.3. The summed E-state index contributed by atoms with van der Waals surface area (Å²) in [5, 5.41) is 6.10. The Morgan fingerprint density at radius 1 is 1.20 bits per heavy atom. The second-order valence-electron chi connectivity index (χ2n) is 7.97. The number of aromatic nitrogens is 1. The first-order chi connectivity index (χ1) is 14.7. The number of ether oxygens (including phenoxy) is 1. The molecule has 0 atom stereocenters. The molecule has 0 spiro atoms. The Morgan fingerprint density at radius 2 is 2.07 bits per heavy atom. The molecule has 30 heavy (non-hydrogen) atoms. The van der Waals surface area contributed by atoms with Crippen LogP contribution in [0.2, 0.25) is 0 Å². The van der Waals surface area contributed by atoms with Crippen LogP contribution in [0.1, 0.15) is 42.5 Å². The molecular formula is C23H28N4O2S. The van der Waals surface area contributed by atoms with Gasteiger partial charge in [-0.25, -0.2) is 4.79 Å². The highest BCUT2D eigenvalue weighted by Gasteiger charge is 2.23. The van der Waals surface area contributed by atoms with Gasteiger partial charge >= 0.3 is 6.03 Å². The maximum Gasteiger partial charge on any atom is 0.322 e. The lowest BCUT2D eigenvalue weighted by Crippen LogP contribution is -2.27. The Morgan fingerprint density at radius 3 is 2.80 bits per heavy atom. The van der Waals surface area contributed by atoms with Crippen LogP contribution in [0.25, 0.3) is 0 Å². The third kappa shape index (κ3) is 5.77. The number of nitrogens with one attached hydrogen (secondary N) is 2. The van der Waals surface area contributed by atoms with Gasteiger partial charge < -0.3 is 20.3 Å². The summed E-state index contributed by atoms with van der Waals surface area (Å²) in [6.07, 6.45) is 8.09. The number of benzene rings is 1. The highest BCUT2D eigenvalue weighted by molar-refractivity contribution is 7.80. The number of hydrogen-bond acceptors (Lipinski definition) is 5. The normalized spacial score (nSPS) is 16.9. The molecule has 2 heterocycles. The van der Waals surface area contributed by atoms with Crippen LogP contribution in [0.4, 0.5) is 4.79 Å². The van der Waals surface area contributed by atoms with E-state index in [1.807, 2.05) is 18.3 Å². The number of pyridine rings is 1.